The van der Waals surface area contributed by atoms with Crippen LogP contribution in [0.2, 0.25) is 5.02 Å². The number of ketones is 1. The summed E-state index contributed by atoms with van der Waals surface area (Å²) in [6.07, 6.45) is 0.285. The maximum atomic E-state index is 13.7. The molecular formula is C30H30ClFN4O4. The molecule has 208 valence electrons. The highest BCUT2D eigenvalue weighted by Crippen LogP contribution is 2.26. The van der Waals surface area contributed by atoms with Crippen molar-refractivity contribution in [2.75, 3.05) is 11.9 Å². The SMILES string of the molecule is NCCC(NC(=O)C1Cc2ccccc2CN1C(=O)CCC(=O)c1ccccc1)C(=O)Nc1cc(F)ccc1Cl. The molecule has 3 aromatic carbocycles. The molecule has 1 heterocycles. The topological polar surface area (TPSA) is 122 Å². The second-order valence-corrected chi connectivity index (χ2v) is 9.96. The van der Waals surface area contributed by atoms with Gasteiger partial charge in [0.15, 0.2) is 5.78 Å². The zero-order valence-corrected chi connectivity index (χ0v) is 22.5. The number of rotatable bonds is 10. The Morgan fingerprint density at radius 1 is 0.975 bits per heavy atom. The third-order valence-electron chi connectivity index (χ3n) is 6.81. The number of amides is 3. The predicted molar refractivity (Wildman–Crippen MR) is 150 cm³/mol. The molecule has 0 saturated heterocycles. The van der Waals surface area contributed by atoms with Crippen molar-refractivity contribution in [1.29, 1.82) is 0 Å². The van der Waals surface area contributed by atoms with E-state index >= 15 is 0 Å². The average Bonchev–Trinajstić information content (AvgIpc) is 2.97. The highest BCUT2D eigenvalue weighted by Gasteiger charge is 2.36. The largest absolute Gasteiger partial charge is 0.342 e. The molecular weight excluding hydrogens is 535 g/mol. The second kappa shape index (κ2) is 13.3. The van der Waals surface area contributed by atoms with Gasteiger partial charge in [-0.1, -0.05) is 66.2 Å². The minimum Gasteiger partial charge on any atom is -0.342 e. The number of anilines is 1. The first-order valence-corrected chi connectivity index (χ1v) is 13.4. The maximum absolute atomic E-state index is 13.7. The van der Waals surface area contributed by atoms with E-state index in [-0.39, 0.29) is 61.2 Å². The van der Waals surface area contributed by atoms with Gasteiger partial charge in [-0.3, -0.25) is 19.2 Å². The van der Waals surface area contributed by atoms with E-state index in [0.29, 0.717) is 5.56 Å². The molecule has 1 aliphatic rings. The number of halogens is 2. The minimum absolute atomic E-state index is 0.00192. The smallest absolute Gasteiger partial charge is 0.247 e. The molecule has 0 bridgehead atoms. The number of nitrogens with two attached hydrogens (primary N) is 1. The van der Waals surface area contributed by atoms with Crippen molar-refractivity contribution in [2.45, 2.75) is 44.3 Å². The van der Waals surface area contributed by atoms with Crippen LogP contribution in [-0.2, 0) is 27.3 Å². The van der Waals surface area contributed by atoms with E-state index in [9.17, 15) is 23.6 Å². The molecule has 8 nitrogen and oxygen atoms in total. The van der Waals surface area contributed by atoms with Gasteiger partial charge in [0.25, 0.3) is 0 Å². The lowest BCUT2D eigenvalue weighted by Crippen LogP contribution is -2.56. The summed E-state index contributed by atoms with van der Waals surface area (Å²) >= 11 is 6.08. The maximum Gasteiger partial charge on any atom is 0.247 e. The quantitative estimate of drug-likeness (QED) is 0.323. The Bertz CT molecular complexity index is 1400. The van der Waals surface area contributed by atoms with Crippen molar-refractivity contribution < 1.29 is 23.6 Å². The van der Waals surface area contributed by atoms with E-state index in [4.69, 9.17) is 17.3 Å². The Morgan fingerprint density at radius 3 is 2.40 bits per heavy atom. The van der Waals surface area contributed by atoms with Crippen LogP contribution in [0.1, 0.15) is 40.7 Å². The van der Waals surface area contributed by atoms with Crippen LogP contribution >= 0.6 is 11.6 Å². The summed E-state index contributed by atoms with van der Waals surface area (Å²) in [4.78, 5) is 54.0. The van der Waals surface area contributed by atoms with Crippen LogP contribution in [0.4, 0.5) is 10.1 Å². The molecule has 4 N–H and O–H groups in total. The lowest BCUT2D eigenvalue weighted by molar-refractivity contribution is -0.142. The van der Waals surface area contributed by atoms with Gasteiger partial charge in [0.05, 0.1) is 10.7 Å². The summed E-state index contributed by atoms with van der Waals surface area (Å²) in [5.74, 6) is -2.24. The summed E-state index contributed by atoms with van der Waals surface area (Å²) in [6.45, 7) is 0.284. The molecule has 3 amide bonds. The van der Waals surface area contributed by atoms with Crippen molar-refractivity contribution in [1.82, 2.24) is 10.2 Å². The molecule has 1 aliphatic heterocycles. The molecule has 3 aromatic rings. The monoisotopic (exact) mass is 564 g/mol. The van der Waals surface area contributed by atoms with E-state index < -0.39 is 29.7 Å². The van der Waals surface area contributed by atoms with Gasteiger partial charge in [0.1, 0.15) is 17.9 Å². The molecule has 2 unspecified atom stereocenters. The van der Waals surface area contributed by atoms with Crippen molar-refractivity contribution in [3.63, 3.8) is 0 Å². The van der Waals surface area contributed by atoms with Crippen molar-refractivity contribution in [3.05, 3.63) is 100 Å². The number of hydrogen-bond acceptors (Lipinski definition) is 5. The Kier molecular flexibility index (Phi) is 9.63. The Labute approximate surface area is 236 Å². The molecule has 4 rings (SSSR count). The average molecular weight is 565 g/mol. The van der Waals surface area contributed by atoms with Crippen LogP contribution in [0, 0.1) is 5.82 Å². The van der Waals surface area contributed by atoms with Crippen molar-refractivity contribution >= 4 is 40.8 Å². The van der Waals surface area contributed by atoms with Crippen LogP contribution in [0.15, 0.2) is 72.8 Å². The summed E-state index contributed by atoms with van der Waals surface area (Å²) in [6, 6.07) is 17.8. The molecule has 0 saturated carbocycles. The zero-order chi connectivity index (χ0) is 28.6. The van der Waals surface area contributed by atoms with Gasteiger partial charge in [-0.05, 0) is 42.3 Å². The molecule has 10 heteroatoms. The number of fused-ring (bicyclic) bond motifs is 1. The summed E-state index contributed by atoms with van der Waals surface area (Å²) in [5, 5.41) is 5.40. The van der Waals surface area contributed by atoms with Gasteiger partial charge in [-0.25, -0.2) is 4.39 Å². The standard InChI is InChI=1S/C30H30ClFN4O4/c31-23-11-10-22(32)17-25(23)35-29(39)24(14-15-33)34-30(40)26-16-20-8-4-5-9-21(20)18-36(26)28(38)13-12-27(37)19-6-2-1-3-7-19/h1-11,17,24,26H,12-16,18,33H2,(H,34,40)(H,35,39). The molecule has 0 aliphatic carbocycles. The fourth-order valence-electron chi connectivity index (χ4n) is 4.67. The first kappa shape index (κ1) is 28.9. The normalized spacial score (nSPS) is 15.1. The van der Waals surface area contributed by atoms with Gasteiger partial charge < -0.3 is 21.3 Å². The molecule has 0 aromatic heterocycles. The third kappa shape index (κ3) is 7.11. The molecule has 0 spiro atoms. The number of carbonyl (C=O) groups excluding carboxylic acids is 4. The zero-order valence-electron chi connectivity index (χ0n) is 21.7. The van der Waals surface area contributed by atoms with Gasteiger partial charge in [-0.15, -0.1) is 0 Å². The Hall–Kier alpha value is -4.08. The van der Waals surface area contributed by atoms with Gasteiger partial charge in [-0.2, -0.15) is 0 Å². The highest BCUT2D eigenvalue weighted by molar-refractivity contribution is 6.33. The van der Waals surface area contributed by atoms with Crippen molar-refractivity contribution in [2.24, 2.45) is 5.73 Å². The Morgan fingerprint density at radius 2 is 1.68 bits per heavy atom. The van der Waals surface area contributed by atoms with Gasteiger partial charge in [0.2, 0.25) is 17.7 Å². The Balaban J connectivity index is 1.50. The van der Waals surface area contributed by atoms with Crippen LogP contribution in [0.5, 0.6) is 0 Å². The third-order valence-corrected chi connectivity index (χ3v) is 7.14. The number of carbonyl (C=O) groups is 4. The lowest BCUT2D eigenvalue weighted by Gasteiger charge is -2.36. The second-order valence-electron chi connectivity index (χ2n) is 9.55. The van der Waals surface area contributed by atoms with Crippen LogP contribution in [0.3, 0.4) is 0 Å². The highest BCUT2D eigenvalue weighted by atomic mass is 35.5. The van der Waals surface area contributed by atoms with E-state index in [2.05, 4.69) is 10.6 Å². The number of nitrogens with zero attached hydrogens (tertiary/aromatic N) is 1. The molecule has 0 fully saturated rings. The number of benzene rings is 3. The number of Topliss-reactive ketones (excluding diaryl/α,β-unsaturated/α-hetero) is 1. The van der Waals surface area contributed by atoms with Crippen molar-refractivity contribution in [3.8, 4) is 0 Å². The molecule has 0 radical (unpaired) electrons. The van der Waals surface area contributed by atoms with Crippen LogP contribution < -0.4 is 16.4 Å². The predicted octanol–water partition coefficient (Wildman–Crippen LogP) is 3.87. The van der Waals surface area contributed by atoms with E-state index in [1.807, 2.05) is 24.3 Å². The summed E-state index contributed by atoms with van der Waals surface area (Å²) in [5.41, 5.74) is 8.11. The lowest BCUT2D eigenvalue weighted by atomic mass is 9.92. The van der Waals surface area contributed by atoms with Crippen LogP contribution in [-0.4, -0.2) is 47.0 Å². The summed E-state index contributed by atoms with van der Waals surface area (Å²) in [7, 11) is 0. The fourth-order valence-corrected chi connectivity index (χ4v) is 4.83. The van der Waals surface area contributed by atoms with E-state index in [1.54, 1.807) is 30.3 Å². The van der Waals surface area contributed by atoms with E-state index in [1.165, 1.54) is 11.0 Å². The summed E-state index contributed by atoms with van der Waals surface area (Å²) < 4.78 is 13.7. The molecule has 2 atom stereocenters. The van der Waals surface area contributed by atoms with E-state index in [0.717, 1.165) is 23.3 Å². The molecule has 40 heavy (non-hydrogen) atoms. The van der Waals surface area contributed by atoms with Gasteiger partial charge in [0, 0.05) is 31.4 Å². The minimum atomic E-state index is -1.05. The van der Waals surface area contributed by atoms with Gasteiger partial charge >= 0.3 is 0 Å². The van der Waals surface area contributed by atoms with Crippen LogP contribution in [0.25, 0.3) is 0 Å². The first-order chi connectivity index (χ1) is 19.3. The fraction of sp³-hybridized carbons (Fsp3) is 0.267. The first-order valence-electron chi connectivity index (χ1n) is 13.0. The number of hydrogen-bond donors (Lipinski definition) is 3. The number of nitrogens with one attached hydrogen (secondary N) is 2.